The molecule has 2 aliphatic rings. The Morgan fingerprint density at radius 2 is 0.968 bits per heavy atom. The van der Waals surface area contributed by atoms with E-state index in [-0.39, 0.29) is 0 Å². The molecule has 6 rings (SSSR count). The van der Waals surface area contributed by atoms with Gasteiger partial charge in [0, 0.05) is 5.92 Å². The van der Waals surface area contributed by atoms with E-state index in [0.717, 1.165) is 12.8 Å². The second kappa shape index (κ2) is 9.07. The Bertz CT molecular complexity index is 1160. The van der Waals surface area contributed by atoms with Gasteiger partial charge in [-0.15, -0.1) is 0 Å². The molecule has 0 saturated carbocycles. The van der Waals surface area contributed by atoms with Crippen molar-refractivity contribution in [1.29, 1.82) is 0 Å². The Balaban J connectivity index is 0.000000646. The second-order valence-corrected chi connectivity index (χ2v) is 11.9. The van der Waals surface area contributed by atoms with Crippen LogP contribution in [-0.4, -0.2) is 0 Å². The maximum atomic E-state index is 4.93. The van der Waals surface area contributed by atoms with Gasteiger partial charge in [-0.25, -0.2) is 0 Å². The van der Waals surface area contributed by atoms with Gasteiger partial charge in [0.1, 0.15) is 0 Å². The van der Waals surface area contributed by atoms with Crippen molar-refractivity contribution in [3.8, 4) is 22.3 Å². The molecular formula is C28H22Cl2Zr. The molecule has 3 heteroatoms. The topological polar surface area (TPSA) is 0 Å². The predicted octanol–water partition coefficient (Wildman–Crippen LogP) is 8.36. The molecule has 0 fully saturated rings. The van der Waals surface area contributed by atoms with E-state index < -0.39 is 20.8 Å². The fourth-order valence-electron chi connectivity index (χ4n) is 5.34. The zero-order valence-corrected chi connectivity index (χ0v) is 21.3. The van der Waals surface area contributed by atoms with Gasteiger partial charge in [-0.1, -0.05) is 91.9 Å². The van der Waals surface area contributed by atoms with Crippen LogP contribution in [0.3, 0.4) is 0 Å². The first-order valence-corrected chi connectivity index (χ1v) is 16.9. The molecule has 0 spiro atoms. The molecule has 0 aromatic heterocycles. The summed E-state index contributed by atoms with van der Waals surface area (Å²) in [6, 6.07) is 31.5. The van der Waals surface area contributed by atoms with Crippen molar-refractivity contribution in [1.82, 2.24) is 0 Å². The molecule has 0 unspecified atom stereocenters. The Morgan fingerprint density at radius 3 is 1.42 bits per heavy atom. The van der Waals surface area contributed by atoms with Crippen molar-refractivity contribution in [3.05, 3.63) is 118 Å². The molecule has 0 nitrogen and oxygen atoms in total. The number of rotatable bonds is 2. The van der Waals surface area contributed by atoms with Crippen molar-refractivity contribution in [2.45, 2.75) is 25.7 Å². The monoisotopic (exact) mass is 518 g/mol. The summed E-state index contributed by atoms with van der Waals surface area (Å²) in [5, 5.41) is 0. The summed E-state index contributed by atoms with van der Waals surface area (Å²) in [7, 11) is 9.87. The number of hydrogen-bond donors (Lipinski definition) is 0. The third-order valence-electron chi connectivity index (χ3n) is 6.71. The molecule has 0 heterocycles. The van der Waals surface area contributed by atoms with Crippen LogP contribution in [-0.2, 0) is 33.7 Å². The van der Waals surface area contributed by atoms with Crippen LogP contribution in [0, 0.1) is 0 Å². The molecule has 2 aliphatic carbocycles. The van der Waals surface area contributed by atoms with Gasteiger partial charge in [0.05, 0.1) is 0 Å². The quantitative estimate of drug-likeness (QED) is 0.215. The van der Waals surface area contributed by atoms with Crippen LogP contribution in [0.2, 0.25) is 0 Å². The molecule has 4 aromatic rings. The van der Waals surface area contributed by atoms with E-state index >= 15 is 0 Å². The molecule has 0 amide bonds. The van der Waals surface area contributed by atoms with Gasteiger partial charge in [-0.3, -0.25) is 0 Å². The minimum absolute atomic E-state index is 0.397. The molecule has 4 aromatic carbocycles. The fourth-order valence-corrected chi connectivity index (χ4v) is 5.34. The predicted molar refractivity (Wildman–Crippen MR) is 129 cm³/mol. The van der Waals surface area contributed by atoms with Crippen LogP contribution < -0.4 is 0 Å². The van der Waals surface area contributed by atoms with Crippen molar-refractivity contribution >= 4 is 17.0 Å². The summed E-state index contributed by atoms with van der Waals surface area (Å²) in [4.78, 5) is 0. The third kappa shape index (κ3) is 3.76. The summed E-state index contributed by atoms with van der Waals surface area (Å²) >= 11 is -0.826. The second-order valence-electron chi connectivity index (χ2n) is 8.21. The van der Waals surface area contributed by atoms with Crippen LogP contribution in [0.25, 0.3) is 22.3 Å². The summed E-state index contributed by atoms with van der Waals surface area (Å²) in [6.07, 6.45) is 2.11. The van der Waals surface area contributed by atoms with Crippen LogP contribution in [0.1, 0.15) is 46.2 Å². The third-order valence-corrected chi connectivity index (χ3v) is 6.71. The van der Waals surface area contributed by atoms with Gasteiger partial charge < -0.3 is 0 Å². The molecule has 152 valence electrons. The Labute approximate surface area is 202 Å². The Kier molecular flexibility index (Phi) is 6.20. The van der Waals surface area contributed by atoms with Crippen LogP contribution in [0.15, 0.2) is 84.9 Å². The normalized spacial score (nSPS) is 12.4. The van der Waals surface area contributed by atoms with E-state index in [9.17, 15) is 0 Å². The van der Waals surface area contributed by atoms with E-state index in [1.54, 1.807) is 0 Å². The van der Waals surface area contributed by atoms with E-state index in [1.807, 2.05) is 0 Å². The average molecular weight is 521 g/mol. The van der Waals surface area contributed by atoms with Crippen LogP contribution in [0.4, 0.5) is 0 Å². The molecule has 0 aliphatic heterocycles. The molecular weight excluding hydrogens is 498 g/mol. The van der Waals surface area contributed by atoms with Crippen molar-refractivity contribution in [3.63, 3.8) is 0 Å². The molecule has 0 saturated heterocycles. The summed E-state index contributed by atoms with van der Waals surface area (Å²) < 4.78 is 0. The molecule has 0 radical (unpaired) electrons. The maximum absolute atomic E-state index is 4.93. The standard InChI is InChI=1S/C28H22.2ClH.Zr/c1-18(21-12-6-14-25-23-10-4-2-8-19(23)16-27(21)25)22-13-7-15-26-24-11-5-3-9-20(24)17-28(22)26;;;/h2-15,18H,16-17H2,1H3;2*1H;/q;;;+2/p-2. The molecule has 0 bridgehead atoms. The van der Waals surface area contributed by atoms with Gasteiger partial charge in [-0.2, -0.15) is 0 Å². The van der Waals surface area contributed by atoms with E-state index in [2.05, 4.69) is 91.9 Å². The first-order valence-electron chi connectivity index (χ1n) is 10.6. The van der Waals surface area contributed by atoms with Crippen LogP contribution in [0.5, 0.6) is 0 Å². The molecule has 31 heavy (non-hydrogen) atoms. The summed E-state index contributed by atoms with van der Waals surface area (Å²) in [5.41, 5.74) is 14.6. The van der Waals surface area contributed by atoms with Gasteiger partial charge >= 0.3 is 37.9 Å². The number of fused-ring (bicyclic) bond motifs is 6. The summed E-state index contributed by atoms with van der Waals surface area (Å²) in [5.74, 6) is 0.397. The number of halogens is 2. The van der Waals surface area contributed by atoms with E-state index in [4.69, 9.17) is 17.0 Å². The average Bonchev–Trinajstić information content (AvgIpc) is 3.37. The van der Waals surface area contributed by atoms with Gasteiger partial charge in [0.15, 0.2) is 0 Å². The van der Waals surface area contributed by atoms with Gasteiger partial charge in [-0.05, 0) is 68.5 Å². The Morgan fingerprint density at radius 1 is 0.581 bits per heavy atom. The minimum atomic E-state index is -0.826. The van der Waals surface area contributed by atoms with Crippen molar-refractivity contribution < 1.29 is 20.8 Å². The SMILES string of the molecule is CC(c1cccc2c1Cc1ccccc1-2)c1cccc2c1Cc1ccccc1-2.[Cl][Zr][Cl]. The number of hydrogen-bond acceptors (Lipinski definition) is 0. The van der Waals surface area contributed by atoms with E-state index in [0.29, 0.717) is 5.92 Å². The first-order chi connectivity index (χ1) is 15.2. The fraction of sp³-hybridized carbons (Fsp3) is 0.143. The van der Waals surface area contributed by atoms with Gasteiger partial charge in [0.2, 0.25) is 0 Å². The zero-order valence-electron chi connectivity index (χ0n) is 17.3. The first kappa shape index (κ1) is 21.2. The Hall–Kier alpha value is -1.66. The molecule has 0 atom stereocenters. The van der Waals surface area contributed by atoms with Crippen molar-refractivity contribution in [2.75, 3.05) is 0 Å². The van der Waals surface area contributed by atoms with E-state index in [1.165, 1.54) is 55.6 Å². The van der Waals surface area contributed by atoms with Crippen molar-refractivity contribution in [2.24, 2.45) is 0 Å². The zero-order chi connectivity index (χ0) is 21.4. The number of benzene rings is 4. The van der Waals surface area contributed by atoms with Gasteiger partial charge in [0.25, 0.3) is 0 Å². The molecule has 0 N–H and O–H groups in total. The summed E-state index contributed by atoms with van der Waals surface area (Å²) in [6.45, 7) is 2.39. The van der Waals surface area contributed by atoms with Crippen LogP contribution >= 0.6 is 17.0 Å².